The van der Waals surface area contributed by atoms with Crippen molar-refractivity contribution in [3.63, 3.8) is 0 Å². The number of unbranched alkanes of at least 4 members (excludes halogenated alkanes) is 1. The molecule has 2 aromatic heterocycles. The van der Waals surface area contributed by atoms with E-state index in [1.165, 1.54) is 11.8 Å². The number of hydrogen-bond donors (Lipinski definition) is 4. The third kappa shape index (κ3) is 5.31. The number of fused-ring (bicyclic) bond motifs is 1. The first-order chi connectivity index (χ1) is 11.9. The Bertz CT molecular complexity index is 748. The number of carbonyl (C=O) groups excluding carboxylic acids is 1. The highest BCUT2D eigenvalue weighted by Crippen LogP contribution is 2.24. The number of thioether (sulfide) groups is 1. The molecule has 9 nitrogen and oxygen atoms in total. The highest BCUT2D eigenvalue weighted by molar-refractivity contribution is 7.99. The molecule has 5 N–H and O–H groups in total. The molecule has 10 heteroatoms. The summed E-state index contributed by atoms with van der Waals surface area (Å²) in [6.07, 6.45) is 3.29. The monoisotopic (exact) mass is 366 g/mol. The van der Waals surface area contributed by atoms with Crippen LogP contribution in [-0.4, -0.2) is 48.7 Å². The van der Waals surface area contributed by atoms with Crippen LogP contribution in [0, 0.1) is 5.92 Å². The number of carbonyl (C=O) groups is 2. The van der Waals surface area contributed by atoms with Crippen molar-refractivity contribution in [3.8, 4) is 0 Å². The van der Waals surface area contributed by atoms with Crippen molar-refractivity contribution in [1.82, 2.24) is 25.3 Å². The summed E-state index contributed by atoms with van der Waals surface area (Å²) in [5.41, 5.74) is 6.94. The second-order valence-corrected chi connectivity index (χ2v) is 7.00. The molecule has 0 aliphatic heterocycles. The van der Waals surface area contributed by atoms with Gasteiger partial charge < -0.3 is 21.1 Å². The minimum Gasteiger partial charge on any atom is -0.480 e. The number of nitrogens with two attached hydrogens (primary N) is 1. The molecule has 0 radical (unpaired) electrons. The Balaban J connectivity index is 1.75. The molecule has 0 aliphatic rings. The normalized spacial score (nSPS) is 12.4. The summed E-state index contributed by atoms with van der Waals surface area (Å²) in [7, 11) is 0. The smallest absolute Gasteiger partial charge is 0.326 e. The highest BCUT2D eigenvalue weighted by Gasteiger charge is 2.22. The van der Waals surface area contributed by atoms with Gasteiger partial charge in [-0.15, -0.1) is 11.8 Å². The highest BCUT2D eigenvalue weighted by atomic mass is 32.2. The predicted molar refractivity (Wildman–Crippen MR) is 95.1 cm³/mol. The van der Waals surface area contributed by atoms with Crippen LogP contribution in [-0.2, 0) is 9.59 Å². The van der Waals surface area contributed by atoms with E-state index in [-0.39, 0.29) is 17.8 Å². The zero-order valence-electron chi connectivity index (χ0n) is 14.2. The average molecular weight is 366 g/mol. The number of aromatic nitrogens is 4. The Labute approximate surface area is 149 Å². The van der Waals surface area contributed by atoms with E-state index in [9.17, 15) is 9.59 Å². The minimum absolute atomic E-state index is 0.156. The van der Waals surface area contributed by atoms with Crippen molar-refractivity contribution in [1.29, 1.82) is 0 Å². The standard InChI is InChI=1S/C15H22N6O3S/c1-8(2)10(14(23)24)19-9(22)5-3-4-6-25-13-11-12(18-7-17-11)20-15(16)21-13/h7-8,10H,3-6H2,1-2H3,(H,19,22)(H,23,24)(H3,16,17,18,20,21)/t10-/m0/s1. The number of H-pyrrole nitrogens is 1. The second-order valence-electron chi connectivity index (χ2n) is 5.92. The lowest BCUT2D eigenvalue weighted by molar-refractivity contribution is -0.143. The van der Waals surface area contributed by atoms with E-state index >= 15 is 0 Å². The van der Waals surface area contributed by atoms with Crippen LogP contribution in [0.4, 0.5) is 5.95 Å². The van der Waals surface area contributed by atoms with Crippen LogP contribution in [0.2, 0.25) is 0 Å². The second kappa shape index (κ2) is 8.65. The number of nitrogens with zero attached hydrogens (tertiary/aromatic N) is 3. The Hall–Kier alpha value is -2.36. The third-order valence-corrected chi connectivity index (χ3v) is 4.62. The maximum atomic E-state index is 11.8. The lowest BCUT2D eigenvalue weighted by Gasteiger charge is -2.17. The first-order valence-electron chi connectivity index (χ1n) is 8.00. The summed E-state index contributed by atoms with van der Waals surface area (Å²) >= 11 is 1.52. The number of aromatic amines is 1. The largest absolute Gasteiger partial charge is 0.480 e. The topological polar surface area (TPSA) is 147 Å². The van der Waals surface area contributed by atoms with Crippen LogP contribution in [0.15, 0.2) is 11.4 Å². The molecule has 0 saturated heterocycles. The van der Waals surface area contributed by atoms with Crippen molar-refractivity contribution in [3.05, 3.63) is 6.33 Å². The van der Waals surface area contributed by atoms with Gasteiger partial charge in [0.05, 0.1) is 6.33 Å². The first-order valence-corrected chi connectivity index (χ1v) is 8.98. The summed E-state index contributed by atoms with van der Waals surface area (Å²) in [6, 6.07) is -0.848. The maximum Gasteiger partial charge on any atom is 0.326 e. The quantitative estimate of drug-likeness (QED) is 0.296. The number of nitrogen functional groups attached to an aromatic ring is 1. The van der Waals surface area contributed by atoms with Crippen LogP contribution in [0.25, 0.3) is 11.2 Å². The van der Waals surface area contributed by atoms with E-state index in [4.69, 9.17) is 10.8 Å². The van der Waals surface area contributed by atoms with E-state index in [0.717, 1.165) is 22.7 Å². The molecule has 0 aromatic carbocycles. The van der Waals surface area contributed by atoms with Crippen molar-refractivity contribution in [2.75, 3.05) is 11.5 Å². The van der Waals surface area contributed by atoms with Crippen molar-refractivity contribution in [2.45, 2.75) is 44.2 Å². The fraction of sp³-hybridized carbons (Fsp3) is 0.533. The summed E-state index contributed by atoms with van der Waals surface area (Å²) < 4.78 is 0. The number of amides is 1. The van der Waals surface area contributed by atoms with Gasteiger partial charge >= 0.3 is 5.97 Å². The molecule has 0 spiro atoms. The van der Waals surface area contributed by atoms with Crippen LogP contribution in [0.3, 0.4) is 0 Å². The van der Waals surface area contributed by atoms with Crippen molar-refractivity contribution in [2.24, 2.45) is 5.92 Å². The molecule has 2 rings (SSSR count). The number of nitrogens with one attached hydrogen (secondary N) is 2. The van der Waals surface area contributed by atoms with Gasteiger partial charge in [0.1, 0.15) is 16.6 Å². The molecule has 0 fully saturated rings. The maximum absolute atomic E-state index is 11.8. The van der Waals surface area contributed by atoms with Gasteiger partial charge in [0.15, 0.2) is 5.65 Å². The van der Waals surface area contributed by atoms with Gasteiger partial charge in [-0.25, -0.2) is 14.8 Å². The molecule has 0 saturated carbocycles. The number of aliphatic carboxylic acids is 1. The van der Waals surface area contributed by atoms with E-state index in [0.29, 0.717) is 18.5 Å². The predicted octanol–water partition coefficient (Wildman–Crippen LogP) is 1.42. The van der Waals surface area contributed by atoms with Crippen LogP contribution in [0.1, 0.15) is 33.1 Å². The summed E-state index contributed by atoms with van der Waals surface area (Å²) in [6.45, 7) is 3.53. The molecule has 0 aliphatic carbocycles. The van der Waals surface area contributed by atoms with Gasteiger partial charge in [-0.05, 0) is 24.5 Å². The number of hydrogen-bond acceptors (Lipinski definition) is 7. The number of carboxylic acids is 1. The van der Waals surface area contributed by atoms with Gasteiger partial charge in [-0.2, -0.15) is 4.98 Å². The zero-order chi connectivity index (χ0) is 18.4. The molecule has 2 aromatic rings. The van der Waals surface area contributed by atoms with Crippen molar-refractivity contribution >= 4 is 40.8 Å². The molecule has 2 heterocycles. The number of rotatable bonds is 9. The van der Waals surface area contributed by atoms with Gasteiger partial charge in [-0.3, -0.25) is 4.79 Å². The molecule has 0 unspecified atom stereocenters. The van der Waals surface area contributed by atoms with Crippen LogP contribution < -0.4 is 11.1 Å². The fourth-order valence-electron chi connectivity index (χ4n) is 2.24. The van der Waals surface area contributed by atoms with Gasteiger partial charge in [0.2, 0.25) is 11.9 Å². The summed E-state index contributed by atoms with van der Waals surface area (Å²) in [4.78, 5) is 38.2. The van der Waals surface area contributed by atoms with Gasteiger partial charge in [0.25, 0.3) is 0 Å². The van der Waals surface area contributed by atoms with E-state index in [1.807, 2.05) is 0 Å². The Morgan fingerprint density at radius 1 is 1.36 bits per heavy atom. The minimum atomic E-state index is -1.01. The average Bonchev–Trinajstić information content (AvgIpc) is 2.99. The summed E-state index contributed by atoms with van der Waals surface area (Å²) in [5, 5.41) is 12.4. The van der Waals surface area contributed by atoms with Gasteiger partial charge in [0, 0.05) is 6.42 Å². The van der Waals surface area contributed by atoms with Crippen molar-refractivity contribution < 1.29 is 14.7 Å². The summed E-state index contributed by atoms with van der Waals surface area (Å²) in [5.74, 6) is -0.478. The molecular formula is C15H22N6O3S. The molecule has 25 heavy (non-hydrogen) atoms. The van der Waals surface area contributed by atoms with E-state index in [2.05, 4.69) is 25.3 Å². The van der Waals surface area contributed by atoms with Gasteiger partial charge in [-0.1, -0.05) is 13.8 Å². The third-order valence-electron chi connectivity index (χ3n) is 3.56. The molecule has 0 bridgehead atoms. The molecular weight excluding hydrogens is 344 g/mol. The number of anilines is 1. The first kappa shape index (κ1) is 19.0. The molecule has 136 valence electrons. The number of carboxylic acid groups (broad SMARTS) is 1. The lowest BCUT2D eigenvalue weighted by Crippen LogP contribution is -2.44. The SMILES string of the molecule is CC(C)[C@H](NC(=O)CCCCSc1nc(N)nc2nc[nH]c12)C(=O)O. The Morgan fingerprint density at radius 3 is 2.80 bits per heavy atom. The van der Waals surface area contributed by atoms with Crippen LogP contribution >= 0.6 is 11.8 Å². The van der Waals surface area contributed by atoms with E-state index < -0.39 is 12.0 Å². The molecule has 1 amide bonds. The Morgan fingerprint density at radius 2 is 2.12 bits per heavy atom. The molecule has 1 atom stereocenters. The van der Waals surface area contributed by atoms with E-state index in [1.54, 1.807) is 20.2 Å². The van der Waals surface area contributed by atoms with Crippen LogP contribution in [0.5, 0.6) is 0 Å². The zero-order valence-corrected chi connectivity index (χ0v) is 15.0. The lowest BCUT2D eigenvalue weighted by atomic mass is 10.0. The Kier molecular flexibility index (Phi) is 6.57. The fourth-order valence-corrected chi connectivity index (χ4v) is 3.24. The number of imidazole rings is 1.